The molecule has 25 heavy (non-hydrogen) atoms. The number of amides is 1. The van der Waals surface area contributed by atoms with Gasteiger partial charge in [0, 0.05) is 12.1 Å². The Balaban J connectivity index is 1.65. The molecule has 0 spiro atoms. The Bertz CT molecular complexity index is 803. The number of benzene rings is 2. The number of carboxylic acid groups (broad SMARTS) is 1. The van der Waals surface area contributed by atoms with Crippen molar-refractivity contribution in [3.8, 4) is 0 Å². The largest absolute Gasteiger partial charge is 0.481 e. The molecular formula is C20H20FNO3. The Hall–Kier alpha value is -2.69. The van der Waals surface area contributed by atoms with Crippen molar-refractivity contribution in [1.29, 1.82) is 0 Å². The van der Waals surface area contributed by atoms with Gasteiger partial charge in [-0.15, -0.1) is 0 Å². The van der Waals surface area contributed by atoms with Crippen LogP contribution in [-0.2, 0) is 22.4 Å². The number of carbonyl (C=O) groups is 2. The van der Waals surface area contributed by atoms with Crippen LogP contribution in [0.15, 0.2) is 42.5 Å². The topological polar surface area (TPSA) is 66.4 Å². The third-order valence-corrected chi connectivity index (χ3v) is 4.60. The van der Waals surface area contributed by atoms with Gasteiger partial charge in [0.05, 0.1) is 6.42 Å². The molecule has 0 radical (unpaired) electrons. The van der Waals surface area contributed by atoms with Crippen LogP contribution in [0.25, 0.3) is 0 Å². The molecule has 0 fully saturated rings. The Labute approximate surface area is 145 Å². The minimum absolute atomic E-state index is 0.103. The van der Waals surface area contributed by atoms with Crippen molar-refractivity contribution in [2.75, 3.05) is 5.32 Å². The normalized spacial score (nSPS) is 16.1. The van der Waals surface area contributed by atoms with Gasteiger partial charge in [-0.25, -0.2) is 4.39 Å². The molecule has 0 saturated carbocycles. The highest BCUT2D eigenvalue weighted by Crippen LogP contribution is 2.34. The first-order valence-electron chi connectivity index (χ1n) is 8.41. The van der Waals surface area contributed by atoms with Gasteiger partial charge in [0.15, 0.2) is 0 Å². The molecule has 1 aliphatic rings. The van der Waals surface area contributed by atoms with E-state index in [9.17, 15) is 14.0 Å². The van der Waals surface area contributed by atoms with Crippen molar-refractivity contribution in [3.63, 3.8) is 0 Å². The first kappa shape index (κ1) is 17.1. The number of carbonyl (C=O) groups excluding carboxylic acids is 1. The minimum atomic E-state index is -1.09. The van der Waals surface area contributed by atoms with Gasteiger partial charge in [0.2, 0.25) is 5.91 Å². The van der Waals surface area contributed by atoms with Crippen LogP contribution < -0.4 is 5.32 Å². The summed E-state index contributed by atoms with van der Waals surface area (Å²) in [5, 5.41) is 11.4. The van der Waals surface area contributed by atoms with Gasteiger partial charge < -0.3 is 10.4 Å². The fraction of sp³-hybridized carbons (Fsp3) is 0.300. The number of fused-ring (bicyclic) bond motifs is 1. The van der Waals surface area contributed by atoms with Crippen LogP contribution >= 0.6 is 0 Å². The van der Waals surface area contributed by atoms with Crippen LogP contribution in [0.3, 0.4) is 0 Å². The standard InChI is InChI=1S/C20H20FNO3/c21-18-12-16(9-8-15(18)11-20(24)25)22-19(23)10-14-6-3-5-13-4-1-2-7-17(13)14/h1-2,4,7-9,12,14H,3,5-6,10-11H2,(H,22,23)(H,24,25). The van der Waals surface area contributed by atoms with Crippen molar-refractivity contribution in [2.24, 2.45) is 0 Å². The van der Waals surface area contributed by atoms with Crippen LogP contribution in [0.5, 0.6) is 0 Å². The predicted molar refractivity (Wildman–Crippen MR) is 93.1 cm³/mol. The van der Waals surface area contributed by atoms with Gasteiger partial charge in [-0.05, 0) is 54.0 Å². The summed E-state index contributed by atoms with van der Waals surface area (Å²) in [6.07, 6.45) is 3.06. The summed E-state index contributed by atoms with van der Waals surface area (Å²) in [4.78, 5) is 23.0. The van der Waals surface area contributed by atoms with Crippen LogP contribution in [0.2, 0.25) is 0 Å². The van der Waals surface area contributed by atoms with E-state index in [4.69, 9.17) is 5.11 Å². The molecule has 2 aromatic carbocycles. The highest BCUT2D eigenvalue weighted by Gasteiger charge is 2.22. The Kier molecular flexibility index (Phi) is 5.12. The lowest BCUT2D eigenvalue weighted by Crippen LogP contribution is -2.19. The highest BCUT2D eigenvalue weighted by atomic mass is 19.1. The molecule has 1 amide bonds. The average Bonchev–Trinajstić information content (AvgIpc) is 2.57. The molecule has 2 aromatic rings. The second kappa shape index (κ2) is 7.47. The van der Waals surface area contributed by atoms with Gasteiger partial charge in [-0.3, -0.25) is 9.59 Å². The van der Waals surface area contributed by atoms with Crippen LogP contribution in [0.4, 0.5) is 10.1 Å². The first-order chi connectivity index (χ1) is 12.0. The maximum atomic E-state index is 13.9. The monoisotopic (exact) mass is 341 g/mol. The van der Waals surface area contributed by atoms with Crippen molar-refractivity contribution >= 4 is 17.6 Å². The molecule has 3 rings (SSSR count). The van der Waals surface area contributed by atoms with Crippen molar-refractivity contribution in [1.82, 2.24) is 0 Å². The quantitative estimate of drug-likeness (QED) is 0.867. The van der Waals surface area contributed by atoms with Crippen molar-refractivity contribution in [2.45, 2.75) is 38.0 Å². The van der Waals surface area contributed by atoms with Crippen LogP contribution in [0, 0.1) is 5.82 Å². The van der Waals surface area contributed by atoms with E-state index in [1.807, 2.05) is 12.1 Å². The highest BCUT2D eigenvalue weighted by molar-refractivity contribution is 5.91. The number of hydrogen-bond acceptors (Lipinski definition) is 2. The third-order valence-electron chi connectivity index (χ3n) is 4.60. The molecule has 2 N–H and O–H groups in total. The fourth-order valence-electron chi connectivity index (χ4n) is 3.43. The summed E-state index contributed by atoms with van der Waals surface area (Å²) in [5.41, 5.74) is 2.98. The number of anilines is 1. The van der Waals surface area contributed by atoms with Gasteiger partial charge in [-0.1, -0.05) is 30.3 Å². The fourth-order valence-corrected chi connectivity index (χ4v) is 3.43. The maximum Gasteiger partial charge on any atom is 0.307 e. The minimum Gasteiger partial charge on any atom is -0.481 e. The van der Waals surface area contributed by atoms with Crippen LogP contribution in [0.1, 0.15) is 41.9 Å². The molecule has 0 heterocycles. The molecule has 1 atom stereocenters. The van der Waals surface area contributed by atoms with Crippen molar-refractivity contribution < 1.29 is 19.1 Å². The number of rotatable bonds is 5. The SMILES string of the molecule is O=C(O)Cc1ccc(NC(=O)CC2CCCc3ccccc32)cc1F. The molecule has 0 aliphatic heterocycles. The molecule has 1 unspecified atom stereocenters. The second-order valence-electron chi connectivity index (χ2n) is 6.42. The van der Waals surface area contributed by atoms with Gasteiger partial charge in [-0.2, -0.15) is 0 Å². The summed E-state index contributed by atoms with van der Waals surface area (Å²) >= 11 is 0. The van der Waals surface area contributed by atoms with E-state index in [0.717, 1.165) is 19.3 Å². The zero-order valence-electron chi connectivity index (χ0n) is 13.8. The van der Waals surface area contributed by atoms with E-state index in [1.165, 1.54) is 29.3 Å². The number of nitrogens with one attached hydrogen (secondary N) is 1. The summed E-state index contributed by atoms with van der Waals surface area (Å²) in [7, 11) is 0. The smallest absolute Gasteiger partial charge is 0.307 e. The van der Waals surface area contributed by atoms with E-state index in [1.54, 1.807) is 0 Å². The third kappa shape index (κ3) is 4.24. The molecule has 0 bridgehead atoms. The Morgan fingerprint density at radius 1 is 1.20 bits per heavy atom. The van der Waals surface area contributed by atoms with E-state index < -0.39 is 11.8 Å². The lowest BCUT2D eigenvalue weighted by Gasteiger charge is -2.25. The van der Waals surface area contributed by atoms with Crippen LogP contribution in [-0.4, -0.2) is 17.0 Å². The average molecular weight is 341 g/mol. The van der Waals surface area contributed by atoms with Gasteiger partial charge >= 0.3 is 5.97 Å². The number of carboxylic acids is 1. The van der Waals surface area contributed by atoms with Gasteiger partial charge in [0.1, 0.15) is 5.82 Å². The van der Waals surface area contributed by atoms with Crippen molar-refractivity contribution in [3.05, 3.63) is 65.0 Å². The zero-order chi connectivity index (χ0) is 17.8. The predicted octanol–water partition coefficient (Wildman–Crippen LogP) is 3.90. The molecule has 5 heteroatoms. The zero-order valence-corrected chi connectivity index (χ0v) is 13.8. The number of aliphatic carboxylic acids is 1. The Morgan fingerprint density at radius 3 is 2.76 bits per heavy atom. The summed E-state index contributed by atoms with van der Waals surface area (Å²) in [6.45, 7) is 0. The lowest BCUT2D eigenvalue weighted by molar-refractivity contribution is -0.136. The molecule has 1 aliphatic carbocycles. The first-order valence-corrected chi connectivity index (χ1v) is 8.41. The number of aryl methyl sites for hydroxylation is 1. The second-order valence-corrected chi connectivity index (χ2v) is 6.42. The van der Waals surface area contributed by atoms with Gasteiger partial charge in [0.25, 0.3) is 0 Å². The molecule has 4 nitrogen and oxygen atoms in total. The molecule has 0 saturated heterocycles. The number of halogens is 1. The Morgan fingerprint density at radius 2 is 2.00 bits per heavy atom. The van der Waals surface area contributed by atoms with E-state index in [-0.39, 0.29) is 23.8 Å². The molecule has 130 valence electrons. The van der Waals surface area contributed by atoms with E-state index in [0.29, 0.717) is 12.1 Å². The summed E-state index contributed by atoms with van der Waals surface area (Å²) < 4.78 is 13.9. The van der Waals surface area contributed by atoms with E-state index in [2.05, 4.69) is 17.4 Å². The van der Waals surface area contributed by atoms with E-state index >= 15 is 0 Å². The number of hydrogen-bond donors (Lipinski definition) is 2. The maximum absolute atomic E-state index is 13.9. The summed E-state index contributed by atoms with van der Waals surface area (Å²) in [6, 6.07) is 12.3. The molecular weight excluding hydrogens is 321 g/mol. The lowest BCUT2D eigenvalue weighted by atomic mass is 9.81. The molecule has 0 aromatic heterocycles. The summed E-state index contributed by atoms with van der Waals surface area (Å²) in [5.74, 6) is -1.69.